The molecule has 0 bridgehead atoms. The van der Waals surface area contributed by atoms with Gasteiger partial charge in [0.1, 0.15) is 0 Å². The molecule has 96 valence electrons. The predicted octanol–water partition coefficient (Wildman–Crippen LogP) is 1.88. The van der Waals surface area contributed by atoms with E-state index < -0.39 is 0 Å². The average molecular weight is 247 g/mol. The van der Waals surface area contributed by atoms with E-state index in [0.717, 1.165) is 12.0 Å². The lowest BCUT2D eigenvalue weighted by Gasteiger charge is -2.31. The standard InChI is InChI=1S/C14H17NO3/c1-9(2)15-7-6-10-8-11(14(17)18-3)4-5-12(10)13(15)16/h4-5,8-9H,6-7H2,1-3H3. The molecule has 18 heavy (non-hydrogen) atoms. The number of hydrogen-bond acceptors (Lipinski definition) is 3. The highest BCUT2D eigenvalue weighted by molar-refractivity contribution is 5.98. The van der Waals surface area contributed by atoms with Crippen LogP contribution in [0.4, 0.5) is 0 Å². The molecule has 1 aromatic carbocycles. The summed E-state index contributed by atoms with van der Waals surface area (Å²) in [6.45, 7) is 4.71. The van der Waals surface area contributed by atoms with E-state index in [1.807, 2.05) is 18.7 Å². The number of methoxy groups -OCH3 is 1. The van der Waals surface area contributed by atoms with Gasteiger partial charge in [0.15, 0.2) is 0 Å². The van der Waals surface area contributed by atoms with Gasteiger partial charge in [-0.1, -0.05) is 0 Å². The van der Waals surface area contributed by atoms with Gasteiger partial charge in [-0.2, -0.15) is 0 Å². The van der Waals surface area contributed by atoms with Crippen LogP contribution in [-0.4, -0.2) is 36.5 Å². The molecule has 2 rings (SSSR count). The molecular formula is C14H17NO3. The third-order valence-electron chi connectivity index (χ3n) is 3.26. The van der Waals surface area contributed by atoms with Crippen molar-refractivity contribution in [1.82, 2.24) is 4.90 Å². The molecule has 0 radical (unpaired) electrons. The van der Waals surface area contributed by atoms with Gasteiger partial charge in [-0.3, -0.25) is 4.79 Å². The van der Waals surface area contributed by atoms with Crippen LogP contribution in [-0.2, 0) is 11.2 Å². The van der Waals surface area contributed by atoms with Crippen LogP contribution in [0.5, 0.6) is 0 Å². The Morgan fingerprint density at radius 2 is 2.11 bits per heavy atom. The van der Waals surface area contributed by atoms with Crippen molar-refractivity contribution < 1.29 is 14.3 Å². The molecule has 0 aromatic heterocycles. The Morgan fingerprint density at radius 3 is 2.72 bits per heavy atom. The van der Waals surface area contributed by atoms with E-state index in [-0.39, 0.29) is 17.9 Å². The first-order valence-electron chi connectivity index (χ1n) is 6.06. The number of rotatable bonds is 2. The molecule has 0 fully saturated rings. The lowest BCUT2D eigenvalue weighted by atomic mass is 9.96. The van der Waals surface area contributed by atoms with Crippen molar-refractivity contribution in [2.24, 2.45) is 0 Å². The van der Waals surface area contributed by atoms with Gasteiger partial charge in [-0.25, -0.2) is 4.79 Å². The summed E-state index contributed by atoms with van der Waals surface area (Å²) >= 11 is 0. The van der Waals surface area contributed by atoms with Crippen LogP contribution in [0.3, 0.4) is 0 Å². The molecule has 1 aromatic rings. The molecule has 4 heteroatoms. The molecule has 0 unspecified atom stereocenters. The van der Waals surface area contributed by atoms with Crippen LogP contribution in [0.25, 0.3) is 0 Å². The maximum atomic E-state index is 12.2. The summed E-state index contributed by atoms with van der Waals surface area (Å²) in [5, 5.41) is 0. The fourth-order valence-electron chi connectivity index (χ4n) is 2.24. The highest BCUT2D eigenvalue weighted by Crippen LogP contribution is 2.22. The molecule has 0 N–H and O–H groups in total. The first kappa shape index (κ1) is 12.6. The van der Waals surface area contributed by atoms with Gasteiger partial charge in [0.2, 0.25) is 0 Å². The topological polar surface area (TPSA) is 46.6 Å². The minimum atomic E-state index is -0.364. The Morgan fingerprint density at radius 1 is 1.39 bits per heavy atom. The zero-order valence-electron chi connectivity index (χ0n) is 10.9. The van der Waals surface area contributed by atoms with E-state index in [2.05, 4.69) is 4.74 Å². The van der Waals surface area contributed by atoms with Crippen molar-refractivity contribution >= 4 is 11.9 Å². The smallest absolute Gasteiger partial charge is 0.337 e. The van der Waals surface area contributed by atoms with Crippen LogP contribution >= 0.6 is 0 Å². The Labute approximate surface area is 107 Å². The second kappa shape index (κ2) is 4.80. The van der Waals surface area contributed by atoms with Crippen molar-refractivity contribution in [2.75, 3.05) is 13.7 Å². The van der Waals surface area contributed by atoms with Gasteiger partial charge >= 0.3 is 5.97 Å². The third kappa shape index (κ3) is 2.10. The van der Waals surface area contributed by atoms with Gasteiger partial charge in [0.05, 0.1) is 12.7 Å². The molecule has 0 saturated heterocycles. The summed E-state index contributed by atoms with van der Waals surface area (Å²) < 4.78 is 4.68. The predicted molar refractivity (Wildman–Crippen MR) is 67.7 cm³/mol. The van der Waals surface area contributed by atoms with Crippen LogP contribution in [0, 0.1) is 0 Å². The number of amides is 1. The molecule has 1 heterocycles. The quantitative estimate of drug-likeness (QED) is 0.750. The average Bonchev–Trinajstić information content (AvgIpc) is 2.37. The highest BCUT2D eigenvalue weighted by atomic mass is 16.5. The van der Waals surface area contributed by atoms with Gasteiger partial charge < -0.3 is 9.64 Å². The zero-order chi connectivity index (χ0) is 13.3. The summed E-state index contributed by atoms with van der Waals surface area (Å²) in [5.74, 6) is -0.320. The molecule has 4 nitrogen and oxygen atoms in total. The van der Waals surface area contributed by atoms with Crippen LogP contribution in [0.15, 0.2) is 18.2 Å². The van der Waals surface area contributed by atoms with E-state index in [0.29, 0.717) is 17.7 Å². The van der Waals surface area contributed by atoms with Gasteiger partial charge in [0.25, 0.3) is 5.91 Å². The Bertz CT molecular complexity index is 494. The molecule has 0 aliphatic carbocycles. The Hall–Kier alpha value is -1.84. The number of carbonyl (C=O) groups excluding carboxylic acids is 2. The number of carbonyl (C=O) groups is 2. The van der Waals surface area contributed by atoms with E-state index in [1.54, 1.807) is 18.2 Å². The first-order valence-corrected chi connectivity index (χ1v) is 6.06. The van der Waals surface area contributed by atoms with Crippen molar-refractivity contribution in [1.29, 1.82) is 0 Å². The molecule has 1 amide bonds. The largest absolute Gasteiger partial charge is 0.465 e. The fourth-order valence-corrected chi connectivity index (χ4v) is 2.24. The van der Waals surface area contributed by atoms with E-state index >= 15 is 0 Å². The van der Waals surface area contributed by atoms with Crippen LogP contribution in [0.2, 0.25) is 0 Å². The molecule has 1 aliphatic rings. The number of ether oxygens (including phenoxy) is 1. The van der Waals surface area contributed by atoms with Crippen molar-refractivity contribution in [2.45, 2.75) is 26.3 Å². The maximum Gasteiger partial charge on any atom is 0.337 e. The van der Waals surface area contributed by atoms with Crippen molar-refractivity contribution in [3.63, 3.8) is 0 Å². The number of nitrogens with zero attached hydrogens (tertiary/aromatic N) is 1. The summed E-state index contributed by atoms with van der Waals surface area (Å²) in [6.07, 6.45) is 0.782. The lowest BCUT2D eigenvalue weighted by Crippen LogP contribution is -2.42. The monoisotopic (exact) mass is 247 g/mol. The van der Waals surface area contributed by atoms with Crippen molar-refractivity contribution in [3.8, 4) is 0 Å². The number of esters is 1. The normalized spacial score (nSPS) is 14.7. The molecule has 0 spiro atoms. The zero-order valence-corrected chi connectivity index (χ0v) is 10.9. The third-order valence-corrected chi connectivity index (χ3v) is 3.26. The summed E-state index contributed by atoms with van der Waals surface area (Å²) in [6, 6.07) is 5.33. The van der Waals surface area contributed by atoms with E-state index in [1.165, 1.54) is 7.11 Å². The van der Waals surface area contributed by atoms with Gasteiger partial charge in [-0.05, 0) is 44.0 Å². The maximum absolute atomic E-state index is 12.2. The molecular weight excluding hydrogens is 230 g/mol. The second-order valence-electron chi connectivity index (χ2n) is 4.71. The summed E-state index contributed by atoms with van der Waals surface area (Å²) in [5.41, 5.74) is 2.13. The van der Waals surface area contributed by atoms with Crippen LogP contribution < -0.4 is 0 Å². The fraction of sp³-hybridized carbons (Fsp3) is 0.429. The Kier molecular flexibility index (Phi) is 3.36. The van der Waals surface area contributed by atoms with Gasteiger partial charge in [-0.15, -0.1) is 0 Å². The summed E-state index contributed by atoms with van der Waals surface area (Å²) in [4.78, 5) is 25.5. The number of benzene rings is 1. The second-order valence-corrected chi connectivity index (χ2v) is 4.71. The van der Waals surface area contributed by atoms with Crippen LogP contribution in [0.1, 0.15) is 40.1 Å². The Balaban J connectivity index is 2.35. The van der Waals surface area contributed by atoms with Crippen molar-refractivity contribution in [3.05, 3.63) is 34.9 Å². The minimum absolute atomic E-state index is 0.0441. The molecule has 1 aliphatic heterocycles. The van der Waals surface area contributed by atoms with Gasteiger partial charge in [0, 0.05) is 18.2 Å². The summed E-state index contributed by atoms with van der Waals surface area (Å²) in [7, 11) is 1.35. The van der Waals surface area contributed by atoms with E-state index in [9.17, 15) is 9.59 Å². The highest BCUT2D eigenvalue weighted by Gasteiger charge is 2.26. The first-order chi connectivity index (χ1) is 8.54. The lowest BCUT2D eigenvalue weighted by molar-refractivity contribution is 0.0597. The molecule has 0 atom stereocenters. The minimum Gasteiger partial charge on any atom is -0.465 e. The number of fused-ring (bicyclic) bond motifs is 1. The molecule has 0 saturated carbocycles. The number of hydrogen-bond donors (Lipinski definition) is 0. The van der Waals surface area contributed by atoms with E-state index in [4.69, 9.17) is 0 Å². The SMILES string of the molecule is COC(=O)c1ccc2c(c1)CCN(C(C)C)C2=O.